The van der Waals surface area contributed by atoms with Crippen LogP contribution in [0, 0.1) is 0 Å². The normalized spacial score (nSPS) is 11.0. The molecule has 0 bridgehead atoms. The fraction of sp³-hybridized carbons (Fsp3) is 0.263. The Morgan fingerprint density at radius 2 is 1.77 bits per heavy atom. The number of carbonyl (C=O) groups is 2. The van der Waals surface area contributed by atoms with Crippen molar-refractivity contribution in [3.63, 3.8) is 0 Å². The van der Waals surface area contributed by atoms with Crippen LogP contribution < -0.4 is 21.1 Å². The zero-order chi connectivity index (χ0) is 18.2. The molecular formula is C19H24ClN3O3. The van der Waals surface area contributed by atoms with E-state index in [4.69, 9.17) is 10.5 Å². The van der Waals surface area contributed by atoms with Crippen LogP contribution in [0.15, 0.2) is 48.5 Å². The number of benzene rings is 2. The summed E-state index contributed by atoms with van der Waals surface area (Å²) in [5.74, 6) is 0.182. The van der Waals surface area contributed by atoms with Crippen LogP contribution in [0.25, 0.3) is 0 Å². The van der Waals surface area contributed by atoms with Crippen molar-refractivity contribution >= 4 is 35.6 Å². The molecule has 0 aliphatic carbocycles. The van der Waals surface area contributed by atoms with Crippen molar-refractivity contribution in [3.8, 4) is 5.75 Å². The number of amides is 2. The number of nitrogens with one attached hydrogen (secondary N) is 2. The number of nitrogen functional groups attached to an aromatic ring is 1. The lowest BCUT2D eigenvalue weighted by Crippen LogP contribution is -2.30. The van der Waals surface area contributed by atoms with E-state index in [2.05, 4.69) is 10.6 Å². The average Bonchev–Trinajstić information content (AvgIpc) is 2.57. The van der Waals surface area contributed by atoms with E-state index in [1.165, 1.54) is 6.92 Å². The summed E-state index contributed by atoms with van der Waals surface area (Å²) in [4.78, 5) is 24.0. The lowest BCUT2D eigenvalue weighted by Gasteiger charge is -2.21. The van der Waals surface area contributed by atoms with E-state index in [9.17, 15) is 9.59 Å². The van der Waals surface area contributed by atoms with Gasteiger partial charge in [0.2, 0.25) is 11.8 Å². The van der Waals surface area contributed by atoms with Gasteiger partial charge in [-0.1, -0.05) is 30.3 Å². The highest BCUT2D eigenvalue weighted by Gasteiger charge is 2.21. The second kappa shape index (κ2) is 10.3. The number of hydrogen-bond acceptors (Lipinski definition) is 4. The van der Waals surface area contributed by atoms with Crippen LogP contribution in [0.5, 0.6) is 5.75 Å². The molecule has 6 nitrogen and oxygen atoms in total. The first kappa shape index (κ1) is 21.3. The van der Waals surface area contributed by atoms with Gasteiger partial charge in [-0.25, -0.2) is 0 Å². The van der Waals surface area contributed by atoms with Crippen molar-refractivity contribution in [1.82, 2.24) is 5.32 Å². The van der Waals surface area contributed by atoms with Gasteiger partial charge in [-0.05, 0) is 25.1 Å². The van der Waals surface area contributed by atoms with E-state index in [-0.39, 0.29) is 30.6 Å². The molecule has 0 aliphatic heterocycles. The van der Waals surface area contributed by atoms with Gasteiger partial charge in [-0.15, -0.1) is 12.4 Å². The van der Waals surface area contributed by atoms with E-state index in [0.717, 1.165) is 5.56 Å². The van der Waals surface area contributed by atoms with Crippen molar-refractivity contribution in [2.45, 2.75) is 26.3 Å². The SMILES string of the molecule is CCOc1ccccc1C(CC(=O)Nc1ccccc1N)NC(C)=O.Cl. The third-order valence-corrected chi connectivity index (χ3v) is 3.60. The van der Waals surface area contributed by atoms with Gasteiger partial charge in [0.1, 0.15) is 5.75 Å². The van der Waals surface area contributed by atoms with Gasteiger partial charge in [0, 0.05) is 12.5 Å². The summed E-state index contributed by atoms with van der Waals surface area (Å²) in [6, 6.07) is 13.9. The number of ether oxygens (including phenoxy) is 1. The Labute approximate surface area is 159 Å². The van der Waals surface area contributed by atoms with Crippen LogP contribution in [0.4, 0.5) is 11.4 Å². The summed E-state index contributed by atoms with van der Waals surface area (Å²) in [7, 11) is 0. The molecule has 1 atom stereocenters. The smallest absolute Gasteiger partial charge is 0.226 e. The quantitative estimate of drug-likeness (QED) is 0.645. The lowest BCUT2D eigenvalue weighted by molar-refractivity contribution is -0.120. The number of halogens is 1. The van der Waals surface area contributed by atoms with Gasteiger partial charge in [0.15, 0.2) is 0 Å². The Morgan fingerprint density at radius 1 is 1.12 bits per heavy atom. The zero-order valence-corrected chi connectivity index (χ0v) is 15.6. The maximum atomic E-state index is 12.4. The van der Waals surface area contributed by atoms with Crippen molar-refractivity contribution in [1.29, 1.82) is 0 Å². The number of nitrogens with two attached hydrogens (primary N) is 1. The van der Waals surface area contributed by atoms with Crippen LogP contribution in [0.3, 0.4) is 0 Å². The molecule has 0 radical (unpaired) electrons. The number of rotatable bonds is 7. The van der Waals surface area contributed by atoms with Crippen LogP contribution >= 0.6 is 12.4 Å². The summed E-state index contributed by atoms with van der Waals surface area (Å²) in [6.07, 6.45) is 0.0675. The number of anilines is 2. The summed E-state index contributed by atoms with van der Waals surface area (Å²) in [5, 5.41) is 5.59. The third kappa shape index (κ3) is 5.97. The molecule has 0 saturated carbocycles. The van der Waals surface area contributed by atoms with E-state index in [1.54, 1.807) is 24.3 Å². The molecule has 4 N–H and O–H groups in total. The fourth-order valence-corrected chi connectivity index (χ4v) is 2.54. The predicted octanol–water partition coefficient (Wildman–Crippen LogP) is 3.30. The molecule has 2 rings (SSSR count). The first-order valence-corrected chi connectivity index (χ1v) is 8.14. The van der Waals surface area contributed by atoms with Crippen molar-refractivity contribution in [2.75, 3.05) is 17.7 Å². The van der Waals surface area contributed by atoms with Crippen LogP contribution in [0.2, 0.25) is 0 Å². The maximum absolute atomic E-state index is 12.4. The Kier molecular flexibility index (Phi) is 8.45. The summed E-state index contributed by atoms with van der Waals surface area (Å²) in [6.45, 7) is 3.80. The minimum absolute atomic E-state index is 0. The molecule has 0 saturated heterocycles. The minimum Gasteiger partial charge on any atom is -0.494 e. The van der Waals surface area contributed by atoms with E-state index >= 15 is 0 Å². The van der Waals surface area contributed by atoms with E-state index in [0.29, 0.717) is 23.7 Å². The monoisotopic (exact) mass is 377 g/mol. The van der Waals surface area contributed by atoms with Crippen LogP contribution in [-0.4, -0.2) is 18.4 Å². The number of carbonyl (C=O) groups excluding carboxylic acids is 2. The summed E-state index contributed by atoms with van der Waals surface area (Å²) in [5.41, 5.74) is 7.65. The van der Waals surface area contributed by atoms with Gasteiger partial charge in [-0.2, -0.15) is 0 Å². The first-order chi connectivity index (χ1) is 12.0. The molecule has 2 aromatic rings. The van der Waals surface area contributed by atoms with Gasteiger partial charge in [0.05, 0.1) is 30.4 Å². The van der Waals surface area contributed by atoms with Crippen LogP contribution in [0.1, 0.15) is 31.9 Å². The fourth-order valence-electron chi connectivity index (χ4n) is 2.54. The topological polar surface area (TPSA) is 93.4 Å². The molecule has 140 valence electrons. The predicted molar refractivity (Wildman–Crippen MR) is 106 cm³/mol. The maximum Gasteiger partial charge on any atom is 0.226 e. The highest BCUT2D eigenvalue weighted by atomic mass is 35.5. The second-order valence-electron chi connectivity index (χ2n) is 5.56. The zero-order valence-electron chi connectivity index (χ0n) is 14.8. The highest BCUT2D eigenvalue weighted by molar-refractivity contribution is 5.94. The molecule has 0 heterocycles. The second-order valence-corrected chi connectivity index (χ2v) is 5.56. The number of hydrogen-bond donors (Lipinski definition) is 3. The summed E-state index contributed by atoms with van der Waals surface area (Å²) >= 11 is 0. The molecule has 1 unspecified atom stereocenters. The Balaban J connectivity index is 0.00000338. The molecule has 26 heavy (non-hydrogen) atoms. The molecule has 0 fully saturated rings. The van der Waals surface area contributed by atoms with Crippen LogP contribution in [-0.2, 0) is 9.59 Å². The van der Waals surface area contributed by atoms with Gasteiger partial charge in [0.25, 0.3) is 0 Å². The lowest BCUT2D eigenvalue weighted by atomic mass is 10.0. The Bertz CT molecular complexity index is 752. The third-order valence-electron chi connectivity index (χ3n) is 3.60. The van der Waals surface area contributed by atoms with Crippen molar-refractivity contribution in [3.05, 3.63) is 54.1 Å². The molecule has 0 aliphatic rings. The molecule has 0 aromatic heterocycles. The molecule has 0 spiro atoms. The van der Waals surface area contributed by atoms with Crippen molar-refractivity contribution < 1.29 is 14.3 Å². The Hall–Kier alpha value is -2.73. The first-order valence-electron chi connectivity index (χ1n) is 8.14. The molecular weight excluding hydrogens is 354 g/mol. The van der Waals surface area contributed by atoms with Gasteiger partial charge in [-0.3, -0.25) is 9.59 Å². The van der Waals surface area contributed by atoms with Gasteiger partial charge >= 0.3 is 0 Å². The average molecular weight is 378 g/mol. The van der Waals surface area contributed by atoms with Gasteiger partial charge < -0.3 is 21.1 Å². The van der Waals surface area contributed by atoms with Crippen molar-refractivity contribution in [2.24, 2.45) is 0 Å². The minimum atomic E-state index is -0.495. The Morgan fingerprint density at radius 3 is 2.42 bits per heavy atom. The molecule has 2 amide bonds. The van der Waals surface area contributed by atoms with E-state index in [1.807, 2.05) is 31.2 Å². The molecule has 2 aromatic carbocycles. The van der Waals surface area contributed by atoms with E-state index < -0.39 is 6.04 Å². The number of para-hydroxylation sites is 3. The largest absolute Gasteiger partial charge is 0.494 e. The standard InChI is InChI=1S/C19H23N3O3.ClH/c1-3-25-18-11-7-4-8-14(18)17(21-13(2)23)12-19(24)22-16-10-6-5-9-15(16)20;/h4-11,17H,3,12,20H2,1-2H3,(H,21,23)(H,22,24);1H. The highest BCUT2D eigenvalue weighted by Crippen LogP contribution is 2.28. The summed E-state index contributed by atoms with van der Waals surface area (Å²) < 4.78 is 5.62. The molecule has 7 heteroatoms.